The number of benzene rings is 1. The van der Waals surface area contributed by atoms with E-state index in [0.29, 0.717) is 11.5 Å². The summed E-state index contributed by atoms with van der Waals surface area (Å²) in [5.41, 5.74) is 0. The number of carbonyl (C=O) groups excluding carboxylic acids is 1. The molecule has 1 amide bonds. The molecule has 2 rings (SSSR count). The molecule has 0 radical (unpaired) electrons. The van der Waals surface area contributed by atoms with E-state index in [-0.39, 0.29) is 0 Å². The molecule has 0 saturated heterocycles. The van der Waals surface area contributed by atoms with Crippen LogP contribution in [0.5, 0.6) is 11.5 Å². The summed E-state index contributed by atoms with van der Waals surface area (Å²) in [6.07, 6.45) is -1.35. The fourth-order valence-electron chi connectivity index (χ4n) is 1.76. The molecule has 1 aliphatic rings. The van der Waals surface area contributed by atoms with Crippen LogP contribution in [0.2, 0.25) is 0 Å². The maximum absolute atomic E-state index is 12.0. The smallest absolute Gasteiger partial charge is 0.325 e. The summed E-state index contributed by atoms with van der Waals surface area (Å²) in [5, 5.41) is 11.1. The van der Waals surface area contributed by atoms with Crippen LogP contribution in [-0.4, -0.2) is 35.2 Å². The highest BCUT2D eigenvalue weighted by atomic mass is 16.6. The largest absolute Gasteiger partial charge is 0.482 e. The lowest BCUT2D eigenvalue weighted by Gasteiger charge is -2.31. The van der Waals surface area contributed by atoms with Gasteiger partial charge < -0.3 is 19.9 Å². The summed E-state index contributed by atoms with van der Waals surface area (Å²) in [4.78, 5) is 22.7. The minimum absolute atomic E-state index is 0.476. The Balaban J connectivity index is 2.10. The molecule has 0 spiro atoms. The summed E-state index contributed by atoms with van der Waals surface area (Å²) in [6.45, 7) is 3.09. The lowest BCUT2D eigenvalue weighted by atomic mass is 10.1. The van der Waals surface area contributed by atoms with E-state index < -0.39 is 30.1 Å². The molecule has 6 heteroatoms. The Hall–Kier alpha value is -2.24. The third kappa shape index (κ3) is 2.78. The number of carbonyl (C=O) groups is 2. The number of nitrogens with one attached hydrogen (secondary N) is 1. The average molecular weight is 265 g/mol. The second-order valence-corrected chi connectivity index (χ2v) is 4.38. The van der Waals surface area contributed by atoms with Crippen LogP contribution in [-0.2, 0) is 9.59 Å². The monoisotopic (exact) mass is 265 g/mol. The minimum Gasteiger partial charge on any atom is -0.482 e. The van der Waals surface area contributed by atoms with Crippen molar-refractivity contribution in [1.29, 1.82) is 0 Å². The van der Waals surface area contributed by atoms with E-state index in [1.165, 1.54) is 6.92 Å². The van der Waals surface area contributed by atoms with Crippen LogP contribution in [0.3, 0.4) is 0 Å². The third-order valence-electron chi connectivity index (χ3n) is 2.83. The van der Waals surface area contributed by atoms with Crippen molar-refractivity contribution >= 4 is 11.9 Å². The molecule has 0 aliphatic carbocycles. The first kappa shape index (κ1) is 13.2. The van der Waals surface area contributed by atoms with E-state index in [9.17, 15) is 9.59 Å². The molecule has 2 unspecified atom stereocenters. The van der Waals surface area contributed by atoms with Gasteiger partial charge in [-0.25, -0.2) is 0 Å². The van der Waals surface area contributed by atoms with Crippen molar-refractivity contribution in [3.8, 4) is 11.5 Å². The zero-order chi connectivity index (χ0) is 14.0. The van der Waals surface area contributed by atoms with Crippen LogP contribution in [0.15, 0.2) is 24.3 Å². The Kier molecular flexibility index (Phi) is 3.59. The van der Waals surface area contributed by atoms with Gasteiger partial charge in [0.1, 0.15) is 12.1 Å². The number of hydrogen-bond acceptors (Lipinski definition) is 4. The summed E-state index contributed by atoms with van der Waals surface area (Å²) >= 11 is 0. The highest BCUT2D eigenvalue weighted by molar-refractivity contribution is 5.87. The second kappa shape index (κ2) is 5.17. The maximum Gasteiger partial charge on any atom is 0.325 e. The summed E-state index contributed by atoms with van der Waals surface area (Å²) in [7, 11) is 0. The lowest BCUT2D eigenvalue weighted by Crippen LogP contribution is -2.52. The lowest BCUT2D eigenvalue weighted by molar-refractivity contribution is -0.144. The van der Waals surface area contributed by atoms with Crippen molar-refractivity contribution in [3.05, 3.63) is 24.3 Å². The van der Waals surface area contributed by atoms with Crippen molar-refractivity contribution in [2.24, 2.45) is 0 Å². The van der Waals surface area contributed by atoms with E-state index in [1.807, 2.05) is 6.07 Å². The van der Waals surface area contributed by atoms with Gasteiger partial charge in [-0.2, -0.15) is 0 Å². The Morgan fingerprint density at radius 2 is 1.84 bits per heavy atom. The van der Waals surface area contributed by atoms with Gasteiger partial charge in [0, 0.05) is 0 Å². The fraction of sp³-hybridized carbons (Fsp3) is 0.385. The van der Waals surface area contributed by atoms with Crippen molar-refractivity contribution in [1.82, 2.24) is 5.32 Å². The van der Waals surface area contributed by atoms with Gasteiger partial charge in [-0.1, -0.05) is 12.1 Å². The number of hydrogen-bond donors (Lipinski definition) is 2. The Labute approximate surface area is 110 Å². The first-order valence-electron chi connectivity index (χ1n) is 5.94. The van der Waals surface area contributed by atoms with E-state index in [0.717, 1.165) is 0 Å². The predicted octanol–water partition coefficient (Wildman–Crippen LogP) is 0.804. The number of rotatable bonds is 3. The molecule has 1 aromatic rings. The molecule has 6 nitrogen and oxygen atoms in total. The van der Waals surface area contributed by atoms with Crippen molar-refractivity contribution in [3.63, 3.8) is 0 Å². The van der Waals surface area contributed by atoms with Gasteiger partial charge in [-0.05, 0) is 26.0 Å². The first-order valence-corrected chi connectivity index (χ1v) is 5.94. The van der Waals surface area contributed by atoms with Crippen LogP contribution in [0.1, 0.15) is 13.8 Å². The molecule has 0 bridgehead atoms. The molecule has 1 heterocycles. The molecular weight excluding hydrogens is 250 g/mol. The summed E-state index contributed by atoms with van der Waals surface area (Å²) in [6, 6.07) is 6.05. The zero-order valence-corrected chi connectivity index (χ0v) is 10.6. The number of aliphatic carboxylic acids is 1. The van der Waals surface area contributed by atoms with Crippen LogP contribution in [0, 0.1) is 0 Å². The Morgan fingerprint density at radius 1 is 1.26 bits per heavy atom. The van der Waals surface area contributed by atoms with Crippen LogP contribution in [0.25, 0.3) is 0 Å². The highest BCUT2D eigenvalue weighted by Gasteiger charge is 2.35. The summed E-state index contributed by atoms with van der Waals surface area (Å²) < 4.78 is 11.1. The molecular formula is C13H15NO5. The Bertz CT molecular complexity index is 502. The van der Waals surface area contributed by atoms with Gasteiger partial charge >= 0.3 is 5.97 Å². The van der Waals surface area contributed by atoms with Gasteiger partial charge in [0.2, 0.25) is 6.10 Å². The molecule has 0 fully saturated rings. The fourth-order valence-corrected chi connectivity index (χ4v) is 1.76. The van der Waals surface area contributed by atoms with E-state index in [1.54, 1.807) is 25.1 Å². The van der Waals surface area contributed by atoms with Crippen molar-refractivity contribution < 1.29 is 24.2 Å². The number of fused-ring (bicyclic) bond motifs is 1. The number of ether oxygens (including phenoxy) is 2. The standard InChI is InChI=1S/C13H15NO5/c1-7(13(16)17)14-12(15)11-8(2)18-9-5-3-4-6-10(9)19-11/h3-8,11H,1-2H3,(H,14,15)(H,16,17)/t7-,8?,11?/m0/s1. The highest BCUT2D eigenvalue weighted by Crippen LogP contribution is 2.33. The van der Waals surface area contributed by atoms with Crippen LogP contribution >= 0.6 is 0 Å². The predicted molar refractivity (Wildman–Crippen MR) is 66.2 cm³/mol. The molecule has 1 aromatic carbocycles. The molecule has 1 aliphatic heterocycles. The quantitative estimate of drug-likeness (QED) is 0.844. The van der Waals surface area contributed by atoms with E-state index in [4.69, 9.17) is 14.6 Å². The normalized spacial score (nSPS) is 22.4. The molecule has 0 aromatic heterocycles. The second-order valence-electron chi connectivity index (χ2n) is 4.38. The first-order chi connectivity index (χ1) is 8.99. The van der Waals surface area contributed by atoms with Gasteiger partial charge in [0.05, 0.1) is 0 Å². The number of amides is 1. The topological polar surface area (TPSA) is 84.9 Å². The van der Waals surface area contributed by atoms with Crippen molar-refractivity contribution in [2.75, 3.05) is 0 Å². The van der Waals surface area contributed by atoms with Crippen molar-refractivity contribution in [2.45, 2.75) is 32.1 Å². The van der Waals surface area contributed by atoms with E-state index >= 15 is 0 Å². The molecule has 102 valence electrons. The minimum atomic E-state index is -1.10. The molecule has 2 N–H and O–H groups in total. The number of carboxylic acid groups (broad SMARTS) is 1. The maximum atomic E-state index is 12.0. The third-order valence-corrected chi connectivity index (χ3v) is 2.83. The molecule has 19 heavy (non-hydrogen) atoms. The Morgan fingerprint density at radius 3 is 2.42 bits per heavy atom. The molecule has 0 saturated carbocycles. The summed E-state index contributed by atoms with van der Waals surface area (Å²) in [5.74, 6) is -0.552. The number of para-hydroxylation sites is 2. The van der Waals surface area contributed by atoms with Gasteiger partial charge in [-0.3, -0.25) is 9.59 Å². The average Bonchev–Trinajstić information content (AvgIpc) is 2.37. The van der Waals surface area contributed by atoms with Crippen LogP contribution < -0.4 is 14.8 Å². The van der Waals surface area contributed by atoms with Gasteiger partial charge in [0.15, 0.2) is 11.5 Å². The van der Waals surface area contributed by atoms with Crippen LogP contribution in [0.4, 0.5) is 0 Å². The van der Waals surface area contributed by atoms with E-state index in [2.05, 4.69) is 5.32 Å². The van der Waals surface area contributed by atoms with Gasteiger partial charge in [0.25, 0.3) is 5.91 Å². The SMILES string of the molecule is CC1Oc2ccccc2OC1C(=O)N[C@@H](C)C(=O)O. The molecule has 3 atom stereocenters. The van der Waals surface area contributed by atoms with Gasteiger partial charge in [-0.15, -0.1) is 0 Å². The zero-order valence-electron chi connectivity index (χ0n) is 10.6. The number of carboxylic acids is 1.